The molecule has 8 rings (SSSR count). The van der Waals surface area contributed by atoms with E-state index in [4.69, 9.17) is 15.0 Å². The van der Waals surface area contributed by atoms with Gasteiger partial charge in [0.25, 0.3) is 0 Å². The fourth-order valence-corrected chi connectivity index (χ4v) is 7.77. The summed E-state index contributed by atoms with van der Waals surface area (Å²) in [6, 6.07) is 46.7. The monoisotopic (exact) mass is 681 g/mol. The second kappa shape index (κ2) is 16.3. The zero-order valence-corrected chi connectivity index (χ0v) is 29.5. The van der Waals surface area contributed by atoms with Gasteiger partial charge < -0.3 is 0 Å². The third-order valence-electron chi connectivity index (χ3n) is 10.5. The molecule has 3 aromatic heterocycles. The topological polar surface area (TPSA) is 38.7 Å². The van der Waals surface area contributed by atoms with E-state index in [2.05, 4.69) is 48.5 Å². The first-order chi connectivity index (χ1) is 27.2. The molecule has 3 nitrogen and oxygen atoms in total. The standard InChI is InChI=1S/C49H47N3/c1-4-12-41(13-5-1)47-28-25-36(33-50-47)20-22-38-30-39(23-21-37-26-29-48(51-34-37)42-14-6-2-7-15-42)32-40(31-38)24-27-44-35-52-49(43-16-8-3-9-17-43)46-19-11-10-18-45(44)46/h1-19,25-26,28-29,33-35,38-40H,20-24,27,30-32H2/i22D2,24D2. The second-order valence-electron chi connectivity index (χ2n) is 14.1. The minimum atomic E-state index is -1.57. The highest BCUT2D eigenvalue weighted by molar-refractivity contribution is 5.96. The Bertz CT molecular complexity index is 2350. The largest absolute Gasteiger partial charge is 0.256 e. The van der Waals surface area contributed by atoms with E-state index in [1.807, 2.05) is 103 Å². The maximum Gasteiger partial charge on any atom is 0.0780 e. The van der Waals surface area contributed by atoms with Crippen LogP contribution >= 0.6 is 0 Å². The van der Waals surface area contributed by atoms with Gasteiger partial charge in [0, 0.05) is 46.2 Å². The van der Waals surface area contributed by atoms with E-state index in [-0.39, 0.29) is 30.6 Å². The van der Waals surface area contributed by atoms with Crippen molar-refractivity contribution in [2.24, 2.45) is 17.8 Å². The summed E-state index contributed by atoms with van der Waals surface area (Å²) >= 11 is 0. The maximum atomic E-state index is 9.66. The van der Waals surface area contributed by atoms with Crippen LogP contribution < -0.4 is 0 Å². The van der Waals surface area contributed by atoms with Gasteiger partial charge >= 0.3 is 0 Å². The number of hydrogen-bond donors (Lipinski definition) is 0. The zero-order valence-electron chi connectivity index (χ0n) is 33.5. The maximum absolute atomic E-state index is 9.66. The first kappa shape index (κ1) is 29.2. The SMILES string of the molecule is [2H]C([2H])(Cc1ccc(-c2ccccc2)nc1)C1CC(CCc2ccc(-c3ccccc3)nc2)CC(C([2H])([2H])Cc2cnc(-c3ccccc3)c3ccccc23)C1. The van der Waals surface area contributed by atoms with E-state index in [1.165, 1.54) is 0 Å². The Kier molecular flexibility index (Phi) is 9.15. The average Bonchev–Trinajstić information content (AvgIpc) is 3.24. The first-order valence-corrected chi connectivity index (χ1v) is 18.6. The highest BCUT2D eigenvalue weighted by Crippen LogP contribution is 2.40. The second-order valence-corrected chi connectivity index (χ2v) is 14.1. The molecule has 0 spiro atoms. The Morgan fingerprint density at radius 2 is 0.942 bits per heavy atom. The van der Waals surface area contributed by atoms with Crippen LogP contribution in [0.5, 0.6) is 0 Å². The molecule has 0 bridgehead atoms. The Balaban J connectivity index is 1.04. The molecule has 1 aliphatic carbocycles. The molecule has 7 aromatic rings. The van der Waals surface area contributed by atoms with Crippen LogP contribution in [-0.4, -0.2) is 15.0 Å². The molecule has 0 radical (unpaired) electrons. The van der Waals surface area contributed by atoms with Crippen molar-refractivity contribution in [2.45, 2.75) is 57.7 Å². The Labute approximate surface area is 314 Å². The van der Waals surface area contributed by atoms with Crippen LogP contribution in [0.2, 0.25) is 0 Å². The molecule has 3 heteroatoms. The Morgan fingerprint density at radius 3 is 1.52 bits per heavy atom. The number of rotatable bonds is 12. The van der Waals surface area contributed by atoms with Crippen molar-refractivity contribution in [1.29, 1.82) is 0 Å². The van der Waals surface area contributed by atoms with Gasteiger partial charge in [-0.1, -0.05) is 127 Å². The molecule has 3 atom stereocenters. The number of hydrogen-bond acceptors (Lipinski definition) is 3. The lowest BCUT2D eigenvalue weighted by atomic mass is 9.70. The van der Waals surface area contributed by atoms with Crippen LogP contribution in [-0.2, 0) is 19.3 Å². The van der Waals surface area contributed by atoms with Gasteiger partial charge in [0.2, 0.25) is 0 Å². The van der Waals surface area contributed by atoms with Crippen LogP contribution in [0.15, 0.2) is 158 Å². The fraction of sp³-hybridized carbons (Fsp3) is 0.245. The summed E-state index contributed by atoms with van der Waals surface area (Å²) < 4.78 is 38.3. The molecule has 1 saturated carbocycles. The molecule has 0 amide bonds. The number of fused-ring (bicyclic) bond motifs is 1. The van der Waals surface area contributed by atoms with Gasteiger partial charge in [-0.25, -0.2) is 0 Å². The summed E-state index contributed by atoms with van der Waals surface area (Å²) in [7, 11) is 0. The predicted molar refractivity (Wildman–Crippen MR) is 216 cm³/mol. The molecule has 3 unspecified atom stereocenters. The summed E-state index contributed by atoms with van der Waals surface area (Å²) in [5.41, 5.74) is 8.76. The minimum Gasteiger partial charge on any atom is -0.256 e. The van der Waals surface area contributed by atoms with Crippen molar-refractivity contribution < 1.29 is 5.48 Å². The van der Waals surface area contributed by atoms with E-state index in [0.717, 1.165) is 86.9 Å². The molecule has 258 valence electrons. The van der Waals surface area contributed by atoms with Gasteiger partial charge in [-0.3, -0.25) is 15.0 Å². The predicted octanol–water partition coefficient (Wildman–Crippen LogP) is 12.3. The third-order valence-corrected chi connectivity index (χ3v) is 10.5. The van der Waals surface area contributed by atoms with Crippen molar-refractivity contribution in [2.75, 3.05) is 0 Å². The molecule has 0 N–H and O–H groups in total. The van der Waals surface area contributed by atoms with E-state index in [1.54, 1.807) is 6.20 Å². The molecule has 1 fully saturated rings. The summed E-state index contributed by atoms with van der Waals surface area (Å²) in [5, 5.41) is 2.03. The Hall–Kier alpha value is -5.41. The van der Waals surface area contributed by atoms with Crippen molar-refractivity contribution in [3.63, 3.8) is 0 Å². The lowest BCUT2D eigenvalue weighted by molar-refractivity contribution is 0.172. The van der Waals surface area contributed by atoms with Gasteiger partial charge in [-0.2, -0.15) is 0 Å². The lowest BCUT2D eigenvalue weighted by Crippen LogP contribution is -2.24. The average molecular weight is 682 g/mol. The zero-order chi connectivity index (χ0) is 38.5. The molecule has 52 heavy (non-hydrogen) atoms. The summed E-state index contributed by atoms with van der Waals surface area (Å²) in [4.78, 5) is 14.4. The van der Waals surface area contributed by atoms with Crippen molar-refractivity contribution in [3.8, 4) is 33.8 Å². The molecular weight excluding hydrogens is 631 g/mol. The van der Waals surface area contributed by atoms with Crippen molar-refractivity contribution in [3.05, 3.63) is 175 Å². The van der Waals surface area contributed by atoms with Gasteiger partial charge in [0.05, 0.1) is 17.1 Å². The quantitative estimate of drug-likeness (QED) is 0.129. The highest BCUT2D eigenvalue weighted by Gasteiger charge is 2.29. The number of benzene rings is 4. The van der Waals surface area contributed by atoms with Crippen LogP contribution in [0, 0.1) is 17.8 Å². The fourth-order valence-electron chi connectivity index (χ4n) is 7.77. The van der Waals surface area contributed by atoms with E-state index < -0.39 is 12.7 Å². The van der Waals surface area contributed by atoms with Crippen LogP contribution in [0.4, 0.5) is 0 Å². The molecule has 0 saturated heterocycles. The van der Waals surface area contributed by atoms with Crippen molar-refractivity contribution in [1.82, 2.24) is 15.0 Å². The lowest BCUT2D eigenvalue weighted by Gasteiger charge is -2.35. The van der Waals surface area contributed by atoms with Gasteiger partial charge in [-0.05, 0) is 110 Å². The molecule has 3 heterocycles. The first-order valence-electron chi connectivity index (χ1n) is 20.6. The number of aromatic nitrogens is 3. The van der Waals surface area contributed by atoms with Crippen LogP contribution in [0.3, 0.4) is 0 Å². The number of pyridine rings is 3. The summed E-state index contributed by atoms with van der Waals surface area (Å²) in [5.74, 6) is -0.443. The van der Waals surface area contributed by atoms with Gasteiger partial charge in [0.15, 0.2) is 0 Å². The summed E-state index contributed by atoms with van der Waals surface area (Å²) in [6.45, 7) is 0. The van der Waals surface area contributed by atoms with Crippen molar-refractivity contribution >= 4 is 10.8 Å². The molecule has 1 aliphatic rings. The van der Waals surface area contributed by atoms with E-state index >= 15 is 0 Å². The highest BCUT2D eigenvalue weighted by atomic mass is 14.7. The van der Waals surface area contributed by atoms with E-state index in [0.29, 0.717) is 6.42 Å². The third kappa shape index (κ3) is 8.21. The smallest absolute Gasteiger partial charge is 0.0780 e. The van der Waals surface area contributed by atoms with Crippen LogP contribution in [0.25, 0.3) is 44.5 Å². The Morgan fingerprint density at radius 1 is 0.442 bits per heavy atom. The molecular formula is C49H47N3. The minimum absolute atomic E-state index is 0.173. The van der Waals surface area contributed by atoms with Crippen LogP contribution in [0.1, 0.15) is 60.6 Å². The van der Waals surface area contributed by atoms with E-state index in [9.17, 15) is 5.48 Å². The number of aryl methyl sites for hydroxylation is 3. The van der Waals surface area contributed by atoms with Gasteiger partial charge in [0.1, 0.15) is 0 Å². The normalized spacial score (nSPS) is 19.0. The molecule has 0 aliphatic heterocycles. The van der Waals surface area contributed by atoms with Gasteiger partial charge in [-0.15, -0.1) is 0 Å². The number of nitrogens with zero attached hydrogens (tertiary/aromatic N) is 3. The summed E-state index contributed by atoms with van der Waals surface area (Å²) in [6.07, 6.45) is 6.59. The molecule has 4 aromatic carbocycles.